The van der Waals surface area contributed by atoms with Crippen LogP contribution in [0.2, 0.25) is 0 Å². The Kier molecular flexibility index (Phi) is 8.30. The SMILES string of the molecule is CC[C@H](Oc1ccccc1OC)C(=O)Nc1ccccc1C(=O)NCCOC. The average molecular weight is 386 g/mol. The summed E-state index contributed by atoms with van der Waals surface area (Å²) >= 11 is 0. The average Bonchev–Trinajstić information content (AvgIpc) is 2.72. The summed E-state index contributed by atoms with van der Waals surface area (Å²) in [6, 6.07) is 14.0. The fourth-order valence-corrected chi connectivity index (χ4v) is 2.56. The Morgan fingerprint density at radius 2 is 1.68 bits per heavy atom. The lowest BCUT2D eigenvalue weighted by atomic mass is 10.1. The zero-order valence-corrected chi connectivity index (χ0v) is 16.4. The van der Waals surface area contributed by atoms with Crippen LogP contribution in [0, 0.1) is 0 Å². The van der Waals surface area contributed by atoms with E-state index in [-0.39, 0.29) is 11.8 Å². The fourth-order valence-electron chi connectivity index (χ4n) is 2.56. The van der Waals surface area contributed by atoms with Crippen LogP contribution in [-0.2, 0) is 9.53 Å². The maximum Gasteiger partial charge on any atom is 0.265 e. The van der Waals surface area contributed by atoms with E-state index in [0.717, 1.165) is 0 Å². The number of rotatable bonds is 10. The van der Waals surface area contributed by atoms with Gasteiger partial charge in [0.25, 0.3) is 11.8 Å². The Balaban J connectivity index is 2.11. The molecule has 2 rings (SSSR count). The number of carbonyl (C=O) groups is 2. The minimum Gasteiger partial charge on any atom is -0.493 e. The second-order valence-corrected chi connectivity index (χ2v) is 5.95. The van der Waals surface area contributed by atoms with Gasteiger partial charge in [-0.1, -0.05) is 31.2 Å². The largest absolute Gasteiger partial charge is 0.493 e. The molecule has 0 saturated carbocycles. The molecule has 7 nitrogen and oxygen atoms in total. The number of carbonyl (C=O) groups excluding carboxylic acids is 2. The van der Waals surface area contributed by atoms with Crippen molar-refractivity contribution in [1.82, 2.24) is 5.32 Å². The molecule has 0 aliphatic carbocycles. The molecule has 0 spiro atoms. The number of anilines is 1. The first-order valence-corrected chi connectivity index (χ1v) is 9.07. The number of para-hydroxylation sites is 3. The molecule has 7 heteroatoms. The molecular formula is C21H26N2O5. The lowest BCUT2D eigenvalue weighted by Crippen LogP contribution is -2.34. The highest BCUT2D eigenvalue weighted by Gasteiger charge is 2.22. The van der Waals surface area contributed by atoms with Crippen LogP contribution in [0.3, 0.4) is 0 Å². The van der Waals surface area contributed by atoms with Gasteiger partial charge in [-0.25, -0.2) is 0 Å². The molecule has 0 radical (unpaired) electrons. The van der Waals surface area contributed by atoms with Crippen molar-refractivity contribution < 1.29 is 23.8 Å². The van der Waals surface area contributed by atoms with Gasteiger partial charge in [-0.15, -0.1) is 0 Å². The van der Waals surface area contributed by atoms with Crippen molar-refractivity contribution in [3.8, 4) is 11.5 Å². The molecular weight excluding hydrogens is 360 g/mol. The van der Waals surface area contributed by atoms with Gasteiger partial charge in [0.05, 0.1) is 25.0 Å². The quantitative estimate of drug-likeness (QED) is 0.613. The van der Waals surface area contributed by atoms with Crippen molar-refractivity contribution >= 4 is 17.5 Å². The van der Waals surface area contributed by atoms with Gasteiger partial charge in [-0.3, -0.25) is 9.59 Å². The predicted molar refractivity (Wildman–Crippen MR) is 107 cm³/mol. The number of methoxy groups -OCH3 is 2. The predicted octanol–water partition coefficient (Wildman–Crippen LogP) is 2.87. The van der Waals surface area contributed by atoms with Crippen LogP contribution in [0.25, 0.3) is 0 Å². The Morgan fingerprint density at radius 3 is 2.36 bits per heavy atom. The van der Waals surface area contributed by atoms with Crippen LogP contribution >= 0.6 is 0 Å². The van der Waals surface area contributed by atoms with E-state index in [0.29, 0.717) is 42.3 Å². The first kappa shape index (κ1) is 21.2. The molecule has 0 aromatic heterocycles. The summed E-state index contributed by atoms with van der Waals surface area (Å²) in [5.41, 5.74) is 0.795. The summed E-state index contributed by atoms with van der Waals surface area (Å²) in [4.78, 5) is 25.1. The maximum atomic E-state index is 12.8. The summed E-state index contributed by atoms with van der Waals surface area (Å²) in [5.74, 6) is 0.404. The molecule has 0 saturated heterocycles. The number of ether oxygens (including phenoxy) is 3. The normalized spacial score (nSPS) is 11.4. The van der Waals surface area contributed by atoms with E-state index in [4.69, 9.17) is 14.2 Å². The molecule has 2 aromatic carbocycles. The molecule has 2 amide bonds. The summed E-state index contributed by atoms with van der Waals surface area (Å²) < 4.78 is 16.0. The van der Waals surface area contributed by atoms with E-state index < -0.39 is 6.10 Å². The van der Waals surface area contributed by atoms with E-state index in [1.54, 1.807) is 50.6 Å². The van der Waals surface area contributed by atoms with E-state index in [2.05, 4.69) is 10.6 Å². The van der Waals surface area contributed by atoms with Gasteiger partial charge in [0, 0.05) is 13.7 Å². The standard InChI is InChI=1S/C21H26N2O5/c1-4-17(28-19-12-8-7-11-18(19)27-3)21(25)23-16-10-6-5-9-15(16)20(24)22-13-14-26-2/h5-12,17H,4,13-14H2,1-3H3,(H,22,24)(H,23,25)/t17-/m0/s1. The number of hydrogen-bond donors (Lipinski definition) is 2. The zero-order chi connectivity index (χ0) is 20.4. The Bertz CT molecular complexity index is 794. The van der Waals surface area contributed by atoms with Crippen LogP contribution in [0.4, 0.5) is 5.69 Å². The van der Waals surface area contributed by atoms with Crippen LogP contribution in [0.1, 0.15) is 23.7 Å². The van der Waals surface area contributed by atoms with Gasteiger partial charge in [-0.05, 0) is 30.7 Å². The fraction of sp³-hybridized carbons (Fsp3) is 0.333. The minimum absolute atomic E-state index is 0.286. The molecule has 0 aliphatic rings. The molecule has 2 N–H and O–H groups in total. The van der Waals surface area contributed by atoms with Crippen molar-refractivity contribution in [2.45, 2.75) is 19.4 Å². The third-order valence-electron chi connectivity index (χ3n) is 4.02. The lowest BCUT2D eigenvalue weighted by Gasteiger charge is -2.19. The molecule has 0 aliphatic heterocycles. The number of hydrogen-bond acceptors (Lipinski definition) is 5. The highest BCUT2D eigenvalue weighted by molar-refractivity contribution is 6.04. The summed E-state index contributed by atoms with van der Waals surface area (Å²) in [6.45, 7) is 2.64. The molecule has 0 fully saturated rings. The van der Waals surface area contributed by atoms with E-state index >= 15 is 0 Å². The molecule has 2 aromatic rings. The highest BCUT2D eigenvalue weighted by atomic mass is 16.5. The minimum atomic E-state index is -0.735. The second kappa shape index (κ2) is 10.9. The maximum absolute atomic E-state index is 12.8. The van der Waals surface area contributed by atoms with Crippen LogP contribution in [-0.4, -0.2) is 45.3 Å². The molecule has 0 bridgehead atoms. The summed E-state index contributed by atoms with van der Waals surface area (Å²) in [6.07, 6.45) is -0.285. The number of amides is 2. The molecule has 1 atom stereocenters. The summed E-state index contributed by atoms with van der Waals surface area (Å²) in [5, 5.41) is 5.54. The van der Waals surface area contributed by atoms with Crippen LogP contribution in [0.15, 0.2) is 48.5 Å². The van der Waals surface area contributed by atoms with Gasteiger partial charge < -0.3 is 24.8 Å². The number of benzene rings is 2. The first-order chi connectivity index (χ1) is 13.6. The van der Waals surface area contributed by atoms with Crippen LogP contribution in [0.5, 0.6) is 11.5 Å². The van der Waals surface area contributed by atoms with Crippen molar-refractivity contribution in [1.29, 1.82) is 0 Å². The van der Waals surface area contributed by atoms with Crippen molar-refractivity contribution in [2.75, 3.05) is 32.7 Å². The van der Waals surface area contributed by atoms with Gasteiger partial charge in [0.2, 0.25) is 0 Å². The Labute approximate surface area is 165 Å². The second-order valence-electron chi connectivity index (χ2n) is 5.95. The first-order valence-electron chi connectivity index (χ1n) is 9.07. The van der Waals surface area contributed by atoms with E-state index in [1.165, 1.54) is 0 Å². The third kappa shape index (κ3) is 5.72. The topological polar surface area (TPSA) is 85.9 Å². The molecule has 0 unspecified atom stereocenters. The monoisotopic (exact) mass is 386 g/mol. The van der Waals surface area contributed by atoms with Gasteiger partial charge in [-0.2, -0.15) is 0 Å². The van der Waals surface area contributed by atoms with Crippen molar-refractivity contribution in [3.63, 3.8) is 0 Å². The molecule has 28 heavy (non-hydrogen) atoms. The van der Waals surface area contributed by atoms with Gasteiger partial charge in [0.1, 0.15) is 0 Å². The smallest absolute Gasteiger partial charge is 0.265 e. The molecule has 0 heterocycles. The van der Waals surface area contributed by atoms with Crippen LogP contribution < -0.4 is 20.1 Å². The third-order valence-corrected chi connectivity index (χ3v) is 4.02. The van der Waals surface area contributed by atoms with Crippen molar-refractivity contribution in [3.05, 3.63) is 54.1 Å². The zero-order valence-electron chi connectivity index (χ0n) is 16.4. The number of nitrogens with one attached hydrogen (secondary N) is 2. The Morgan fingerprint density at radius 1 is 1.00 bits per heavy atom. The Hall–Kier alpha value is -3.06. The van der Waals surface area contributed by atoms with E-state index in [9.17, 15) is 9.59 Å². The highest BCUT2D eigenvalue weighted by Crippen LogP contribution is 2.27. The molecule has 150 valence electrons. The van der Waals surface area contributed by atoms with Gasteiger partial charge >= 0.3 is 0 Å². The van der Waals surface area contributed by atoms with Crippen molar-refractivity contribution in [2.24, 2.45) is 0 Å². The summed E-state index contributed by atoms with van der Waals surface area (Å²) in [7, 11) is 3.11. The lowest BCUT2D eigenvalue weighted by molar-refractivity contribution is -0.122. The van der Waals surface area contributed by atoms with E-state index in [1.807, 2.05) is 19.1 Å². The van der Waals surface area contributed by atoms with Gasteiger partial charge in [0.15, 0.2) is 17.6 Å².